The molecule has 0 spiro atoms. The highest BCUT2D eigenvalue weighted by molar-refractivity contribution is 5.84. The summed E-state index contributed by atoms with van der Waals surface area (Å²) < 4.78 is 55.3. The number of alkyl halides is 3. The molecule has 3 aromatic rings. The van der Waals surface area contributed by atoms with E-state index in [9.17, 15) is 17.6 Å². The third kappa shape index (κ3) is 4.67. The van der Waals surface area contributed by atoms with Gasteiger partial charge in [0, 0.05) is 5.56 Å². The van der Waals surface area contributed by atoms with Gasteiger partial charge in [-0.15, -0.1) is 13.2 Å². The van der Waals surface area contributed by atoms with Crippen molar-refractivity contribution < 1.29 is 22.3 Å². The number of ether oxygens (including phenoxy) is 1. The number of aromatic nitrogens is 2. The van der Waals surface area contributed by atoms with E-state index in [0.717, 1.165) is 6.42 Å². The fraction of sp³-hybridized carbons (Fsp3) is 0.227. The number of hydrogen-bond acceptors (Lipinski definition) is 2. The van der Waals surface area contributed by atoms with E-state index in [4.69, 9.17) is 0 Å². The van der Waals surface area contributed by atoms with Crippen molar-refractivity contribution in [2.75, 3.05) is 0 Å². The molecule has 1 heterocycles. The van der Waals surface area contributed by atoms with Crippen molar-refractivity contribution >= 4 is 17.1 Å². The molecular weight excluding hydrogens is 384 g/mol. The van der Waals surface area contributed by atoms with Gasteiger partial charge in [0.05, 0.1) is 16.9 Å². The van der Waals surface area contributed by atoms with E-state index in [1.165, 1.54) is 12.1 Å². The Bertz CT molecular complexity index is 1080. The summed E-state index contributed by atoms with van der Waals surface area (Å²) in [5.74, 6) is 0.605. The first-order chi connectivity index (χ1) is 13.9. The van der Waals surface area contributed by atoms with Crippen LogP contribution in [-0.4, -0.2) is 16.3 Å². The molecule has 1 aliphatic rings. The fourth-order valence-electron chi connectivity index (χ4n) is 3.42. The quantitative estimate of drug-likeness (QED) is 0.488. The van der Waals surface area contributed by atoms with Crippen LogP contribution in [0.3, 0.4) is 0 Å². The second kappa shape index (κ2) is 7.73. The number of nitrogens with one attached hydrogen (secondary N) is 1. The number of nitrogens with zero attached hydrogens (tertiary/aromatic N) is 1. The highest BCUT2D eigenvalue weighted by Crippen LogP contribution is 2.34. The molecule has 0 radical (unpaired) electrons. The predicted octanol–water partition coefficient (Wildman–Crippen LogP) is 6.80. The number of aromatic amines is 1. The molecule has 4 rings (SSSR count). The van der Waals surface area contributed by atoms with Gasteiger partial charge in [-0.3, -0.25) is 0 Å². The second-order valence-electron chi connectivity index (χ2n) is 6.94. The van der Waals surface area contributed by atoms with Crippen molar-refractivity contribution in [1.82, 2.24) is 9.97 Å². The number of halogens is 4. The average Bonchev–Trinajstić information content (AvgIpc) is 3.09. The molecule has 0 saturated heterocycles. The van der Waals surface area contributed by atoms with Crippen LogP contribution in [0.1, 0.15) is 25.1 Å². The smallest absolute Gasteiger partial charge is 0.405 e. The maximum atomic E-state index is 13.1. The Kier molecular flexibility index (Phi) is 5.13. The van der Waals surface area contributed by atoms with Crippen LogP contribution in [0.4, 0.5) is 17.6 Å². The average molecular weight is 402 g/mol. The minimum absolute atomic E-state index is 0.0549. The van der Waals surface area contributed by atoms with Crippen LogP contribution in [0.5, 0.6) is 5.75 Å². The molecule has 1 aliphatic carbocycles. The first-order valence-corrected chi connectivity index (χ1v) is 9.25. The molecule has 1 unspecified atom stereocenters. The van der Waals surface area contributed by atoms with Crippen molar-refractivity contribution in [3.8, 4) is 16.9 Å². The van der Waals surface area contributed by atoms with Crippen molar-refractivity contribution in [3.63, 3.8) is 0 Å². The summed E-state index contributed by atoms with van der Waals surface area (Å²) in [6.07, 6.45) is 2.61. The number of hydrogen-bond donors (Lipinski definition) is 1. The number of benzene rings is 2. The molecular formula is C22H18F4N2O. The molecule has 7 heteroatoms. The molecule has 1 atom stereocenters. The third-order valence-corrected chi connectivity index (χ3v) is 4.85. The lowest BCUT2D eigenvalue weighted by Gasteiger charge is -2.14. The largest absolute Gasteiger partial charge is 0.573 e. The van der Waals surface area contributed by atoms with Gasteiger partial charge in [0.15, 0.2) is 0 Å². The summed E-state index contributed by atoms with van der Waals surface area (Å²) in [6, 6.07) is 11.2. The first-order valence-electron chi connectivity index (χ1n) is 9.25. The molecule has 1 N–H and O–H groups in total. The first kappa shape index (κ1) is 19.2. The summed E-state index contributed by atoms with van der Waals surface area (Å²) >= 11 is 0. The summed E-state index contributed by atoms with van der Waals surface area (Å²) in [4.78, 5) is 7.66. The van der Waals surface area contributed by atoms with Gasteiger partial charge in [-0.1, -0.05) is 36.4 Å². The van der Waals surface area contributed by atoms with Crippen molar-refractivity contribution in [2.45, 2.75) is 25.6 Å². The Hall–Kier alpha value is -3.09. The summed E-state index contributed by atoms with van der Waals surface area (Å²) in [5, 5.41) is 0. The van der Waals surface area contributed by atoms with E-state index >= 15 is 0 Å². The van der Waals surface area contributed by atoms with Gasteiger partial charge in [0.2, 0.25) is 0 Å². The standard InChI is InChI=1S/C22H18F4N2O/c23-16-9-5-14(6-10-16)7-12-21-27-18-11-8-15(13-19(18)28-21)17-3-1-2-4-20(17)29-22(24,25)26/h1-4,7-9,11-14H,5-6,10H2,(H,27,28)/b12-7+. The van der Waals surface area contributed by atoms with Gasteiger partial charge in [-0.2, -0.15) is 0 Å². The number of fused-ring (bicyclic) bond motifs is 1. The molecule has 0 amide bonds. The van der Waals surface area contributed by atoms with Crippen LogP contribution in [-0.2, 0) is 0 Å². The lowest BCUT2D eigenvalue weighted by atomic mass is 9.93. The minimum atomic E-state index is -4.76. The van der Waals surface area contributed by atoms with E-state index in [1.54, 1.807) is 36.4 Å². The van der Waals surface area contributed by atoms with E-state index in [1.807, 2.05) is 12.2 Å². The van der Waals surface area contributed by atoms with Crippen LogP contribution >= 0.6 is 0 Å². The Labute approximate surface area is 164 Å². The SMILES string of the molecule is FC1=CCC(/C=C/c2nc3ccc(-c4ccccc4OC(F)(F)F)cc3[nH]2)CC1. The second-order valence-corrected chi connectivity index (χ2v) is 6.94. The molecule has 29 heavy (non-hydrogen) atoms. The van der Waals surface area contributed by atoms with Crippen molar-refractivity contribution in [1.29, 1.82) is 0 Å². The third-order valence-electron chi connectivity index (χ3n) is 4.85. The lowest BCUT2D eigenvalue weighted by molar-refractivity contribution is -0.274. The minimum Gasteiger partial charge on any atom is -0.405 e. The van der Waals surface area contributed by atoms with Gasteiger partial charge in [-0.05, 0) is 55.0 Å². The van der Waals surface area contributed by atoms with Gasteiger partial charge in [0.1, 0.15) is 11.6 Å². The highest BCUT2D eigenvalue weighted by atomic mass is 19.4. The highest BCUT2D eigenvalue weighted by Gasteiger charge is 2.32. The van der Waals surface area contributed by atoms with Gasteiger partial charge in [-0.25, -0.2) is 9.37 Å². The predicted molar refractivity (Wildman–Crippen MR) is 104 cm³/mol. The topological polar surface area (TPSA) is 37.9 Å². The van der Waals surface area contributed by atoms with E-state index < -0.39 is 6.36 Å². The lowest BCUT2D eigenvalue weighted by Crippen LogP contribution is -2.17. The number of rotatable bonds is 4. The molecule has 1 aromatic heterocycles. The molecule has 2 aromatic carbocycles. The van der Waals surface area contributed by atoms with E-state index in [2.05, 4.69) is 14.7 Å². The maximum absolute atomic E-state index is 13.1. The Balaban J connectivity index is 1.60. The van der Waals surface area contributed by atoms with Crippen molar-refractivity contribution in [3.05, 3.63) is 66.3 Å². The Morgan fingerprint density at radius 3 is 2.72 bits per heavy atom. The maximum Gasteiger partial charge on any atom is 0.573 e. The zero-order valence-corrected chi connectivity index (χ0v) is 15.3. The summed E-state index contributed by atoms with van der Waals surface area (Å²) in [5.41, 5.74) is 2.34. The molecule has 0 bridgehead atoms. The van der Waals surface area contributed by atoms with Crippen LogP contribution < -0.4 is 4.74 Å². The van der Waals surface area contributed by atoms with Crippen LogP contribution in [0, 0.1) is 5.92 Å². The molecule has 0 aliphatic heterocycles. The molecule has 0 fully saturated rings. The zero-order valence-electron chi connectivity index (χ0n) is 15.3. The van der Waals surface area contributed by atoms with E-state index in [0.29, 0.717) is 40.8 Å². The Morgan fingerprint density at radius 2 is 1.97 bits per heavy atom. The van der Waals surface area contributed by atoms with Crippen molar-refractivity contribution in [2.24, 2.45) is 5.92 Å². The van der Waals surface area contributed by atoms with Crippen LogP contribution in [0.2, 0.25) is 0 Å². The number of H-pyrrole nitrogens is 1. The number of imidazole rings is 1. The molecule has 0 saturated carbocycles. The van der Waals surface area contributed by atoms with Crippen LogP contribution in [0.25, 0.3) is 28.2 Å². The number of allylic oxidation sites excluding steroid dienone is 3. The molecule has 150 valence electrons. The van der Waals surface area contributed by atoms with E-state index in [-0.39, 0.29) is 17.5 Å². The monoisotopic (exact) mass is 402 g/mol. The van der Waals surface area contributed by atoms with Gasteiger partial charge >= 0.3 is 6.36 Å². The molecule has 3 nitrogen and oxygen atoms in total. The summed E-state index contributed by atoms with van der Waals surface area (Å²) in [7, 11) is 0. The fourth-order valence-corrected chi connectivity index (χ4v) is 3.42. The van der Waals surface area contributed by atoms with Gasteiger partial charge < -0.3 is 9.72 Å². The van der Waals surface area contributed by atoms with Crippen LogP contribution in [0.15, 0.2) is 60.4 Å². The Morgan fingerprint density at radius 1 is 1.14 bits per heavy atom. The van der Waals surface area contributed by atoms with Gasteiger partial charge in [0.25, 0.3) is 0 Å². The summed E-state index contributed by atoms with van der Waals surface area (Å²) in [6.45, 7) is 0. The number of para-hydroxylation sites is 1. The zero-order chi connectivity index (χ0) is 20.4. The normalized spacial score (nSPS) is 17.7.